The summed E-state index contributed by atoms with van der Waals surface area (Å²) < 4.78 is 5.66. The van der Waals surface area contributed by atoms with Gasteiger partial charge in [-0.1, -0.05) is 6.07 Å². The molecule has 0 unspecified atom stereocenters. The monoisotopic (exact) mass is 338 g/mol. The summed E-state index contributed by atoms with van der Waals surface area (Å²) in [6, 6.07) is 8.62. The number of hydrogen-bond donors (Lipinski definition) is 0. The van der Waals surface area contributed by atoms with Crippen molar-refractivity contribution in [3.05, 3.63) is 41.7 Å². The fraction of sp³-hybridized carbons (Fsp3) is 0.500. The number of ether oxygens (including phenoxy) is 1. The van der Waals surface area contributed by atoms with E-state index < -0.39 is 0 Å². The first-order chi connectivity index (χ1) is 12.3. The van der Waals surface area contributed by atoms with E-state index in [9.17, 15) is 0 Å². The first-order valence-corrected chi connectivity index (χ1v) is 9.40. The van der Waals surface area contributed by atoms with Gasteiger partial charge in [0.25, 0.3) is 0 Å². The zero-order valence-corrected chi connectivity index (χ0v) is 14.9. The molecule has 1 fully saturated rings. The molecule has 0 N–H and O–H groups in total. The lowest BCUT2D eigenvalue weighted by atomic mass is 9.99. The van der Waals surface area contributed by atoms with Gasteiger partial charge in [0.1, 0.15) is 23.7 Å². The average molecular weight is 338 g/mol. The van der Waals surface area contributed by atoms with Crippen LogP contribution < -0.4 is 14.5 Å². The third-order valence-corrected chi connectivity index (χ3v) is 5.14. The van der Waals surface area contributed by atoms with Crippen LogP contribution in [-0.4, -0.2) is 36.2 Å². The third-order valence-electron chi connectivity index (χ3n) is 5.14. The second kappa shape index (κ2) is 7.30. The highest BCUT2D eigenvalue weighted by molar-refractivity contribution is 5.52. The lowest BCUT2D eigenvalue weighted by molar-refractivity contribution is 0.339. The Kier molecular flexibility index (Phi) is 4.72. The molecule has 0 radical (unpaired) electrons. The molecular formula is C20H26N4O. The first kappa shape index (κ1) is 16.2. The number of hydrogen-bond acceptors (Lipinski definition) is 5. The Hall–Kier alpha value is -2.30. The van der Waals surface area contributed by atoms with Crippen LogP contribution in [0.4, 0.5) is 11.6 Å². The highest BCUT2D eigenvalue weighted by Crippen LogP contribution is 2.28. The van der Waals surface area contributed by atoms with E-state index in [1.807, 2.05) is 6.92 Å². The molecular weight excluding hydrogens is 312 g/mol. The minimum atomic E-state index is 0.702. The minimum Gasteiger partial charge on any atom is -0.494 e. The lowest BCUT2D eigenvalue weighted by Crippen LogP contribution is -2.33. The number of fused-ring (bicyclic) bond motifs is 1. The van der Waals surface area contributed by atoms with Gasteiger partial charge in [-0.05, 0) is 55.9 Å². The molecule has 0 atom stereocenters. The third kappa shape index (κ3) is 3.55. The fourth-order valence-electron chi connectivity index (χ4n) is 3.79. The largest absolute Gasteiger partial charge is 0.494 e. The summed E-state index contributed by atoms with van der Waals surface area (Å²) in [6.45, 7) is 6.82. The molecule has 0 amide bonds. The van der Waals surface area contributed by atoms with Crippen LogP contribution in [0.3, 0.4) is 0 Å². The number of rotatable bonds is 4. The van der Waals surface area contributed by atoms with Crippen LogP contribution in [0.2, 0.25) is 0 Å². The van der Waals surface area contributed by atoms with E-state index in [-0.39, 0.29) is 0 Å². The molecule has 5 nitrogen and oxygen atoms in total. The van der Waals surface area contributed by atoms with Gasteiger partial charge < -0.3 is 14.5 Å². The van der Waals surface area contributed by atoms with Crippen molar-refractivity contribution in [3.8, 4) is 5.75 Å². The van der Waals surface area contributed by atoms with Gasteiger partial charge in [0.2, 0.25) is 0 Å². The zero-order chi connectivity index (χ0) is 17.1. The lowest BCUT2D eigenvalue weighted by Gasteiger charge is -2.32. The van der Waals surface area contributed by atoms with Gasteiger partial charge in [0, 0.05) is 32.2 Å². The maximum absolute atomic E-state index is 5.66. The summed E-state index contributed by atoms with van der Waals surface area (Å²) in [7, 11) is 0. The summed E-state index contributed by atoms with van der Waals surface area (Å²) in [5.74, 6) is 3.06. The molecule has 1 saturated heterocycles. The topological polar surface area (TPSA) is 41.5 Å². The predicted octanol–water partition coefficient (Wildman–Crippen LogP) is 3.43. The van der Waals surface area contributed by atoms with E-state index in [1.165, 1.54) is 30.4 Å². The number of piperidine rings is 1. The van der Waals surface area contributed by atoms with E-state index in [1.54, 1.807) is 6.33 Å². The van der Waals surface area contributed by atoms with E-state index in [0.717, 1.165) is 50.0 Å². The Bertz CT molecular complexity index is 727. The molecule has 0 aliphatic carbocycles. The predicted molar refractivity (Wildman–Crippen MR) is 100 cm³/mol. The van der Waals surface area contributed by atoms with Gasteiger partial charge in [-0.25, -0.2) is 9.97 Å². The fourth-order valence-corrected chi connectivity index (χ4v) is 3.79. The zero-order valence-electron chi connectivity index (χ0n) is 14.9. The van der Waals surface area contributed by atoms with Crippen molar-refractivity contribution >= 4 is 11.6 Å². The van der Waals surface area contributed by atoms with E-state index in [2.05, 4.69) is 44.0 Å². The van der Waals surface area contributed by atoms with Crippen LogP contribution in [0.5, 0.6) is 5.75 Å². The minimum absolute atomic E-state index is 0.702. The maximum Gasteiger partial charge on any atom is 0.134 e. The van der Waals surface area contributed by atoms with Crippen LogP contribution in [0.1, 0.15) is 37.3 Å². The van der Waals surface area contributed by atoms with Gasteiger partial charge in [-0.3, -0.25) is 0 Å². The van der Waals surface area contributed by atoms with E-state index >= 15 is 0 Å². The van der Waals surface area contributed by atoms with Crippen molar-refractivity contribution in [1.29, 1.82) is 0 Å². The molecule has 0 saturated carbocycles. The highest BCUT2D eigenvalue weighted by Gasteiger charge is 2.20. The normalized spacial score (nSPS) is 17.3. The van der Waals surface area contributed by atoms with Crippen molar-refractivity contribution < 1.29 is 4.74 Å². The van der Waals surface area contributed by atoms with Gasteiger partial charge in [-0.2, -0.15) is 0 Å². The van der Waals surface area contributed by atoms with Crippen LogP contribution in [0, 0.1) is 0 Å². The Morgan fingerprint density at radius 2 is 1.72 bits per heavy atom. The van der Waals surface area contributed by atoms with Crippen molar-refractivity contribution in [1.82, 2.24) is 9.97 Å². The molecule has 5 heteroatoms. The van der Waals surface area contributed by atoms with Crippen molar-refractivity contribution in [3.63, 3.8) is 0 Å². The molecule has 0 spiro atoms. The number of nitrogens with zero attached hydrogens (tertiary/aromatic N) is 4. The molecule has 2 aliphatic heterocycles. The second-order valence-corrected chi connectivity index (χ2v) is 6.82. The molecule has 2 aromatic rings. The summed E-state index contributed by atoms with van der Waals surface area (Å²) in [5.41, 5.74) is 2.76. The summed E-state index contributed by atoms with van der Waals surface area (Å²) >= 11 is 0. The van der Waals surface area contributed by atoms with Gasteiger partial charge in [0.05, 0.1) is 6.61 Å². The van der Waals surface area contributed by atoms with Crippen LogP contribution in [0.25, 0.3) is 0 Å². The molecule has 1 aromatic heterocycles. The number of benzene rings is 1. The Labute approximate surface area is 149 Å². The second-order valence-electron chi connectivity index (χ2n) is 6.82. The van der Waals surface area contributed by atoms with Crippen LogP contribution in [-0.2, 0) is 13.0 Å². The Balaban J connectivity index is 1.53. The smallest absolute Gasteiger partial charge is 0.134 e. The van der Waals surface area contributed by atoms with E-state index in [0.29, 0.717) is 6.61 Å². The highest BCUT2D eigenvalue weighted by atomic mass is 16.5. The summed E-state index contributed by atoms with van der Waals surface area (Å²) in [5, 5.41) is 0. The summed E-state index contributed by atoms with van der Waals surface area (Å²) in [4.78, 5) is 13.8. The molecule has 3 heterocycles. The van der Waals surface area contributed by atoms with Crippen LogP contribution in [0.15, 0.2) is 30.6 Å². The standard InChI is InChI=1S/C20H26N4O/c1-2-25-18-7-6-16-8-11-24(14-17(16)12-18)20-13-19(21-15-22-20)23-9-4-3-5-10-23/h6-7,12-13,15H,2-5,8-11,14H2,1H3. The van der Waals surface area contributed by atoms with Crippen molar-refractivity contribution in [2.45, 2.75) is 39.2 Å². The molecule has 1 aromatic carbocycles. The Morgan fingerprint density at radius 1 is 0.920 bits per heavy atom. The molecule has 25 heavy (non-hydrogen) atoms. The molecule has 132 valence electrons. The SMILES string of the molecule is CCOc1ccc2c(c1)CN(c1cc(N3CCCCC3)ncn1)CC2. The molecule has 4 rings (SSSR count). The quantitative estimate of drug-likeness (QED) is 0.854. The van der Waals surface area contributed by atoms with Gasteiger partial charge in [-0.15, -0.1) is 0 Å². The van der Waals surface area contributed by atoms with E-state index in [4.69, 9.17) is 4.74 Å². The molecule has 2 aliphatic rings. The number of anilines is 2. The number of aromatic nitrogens is 2. The average Bonchev–Trinajstić information content (AvgIpc) is 2.68. The van der Waals surface area contributed by atoms with Crippen molar-refractivity contribution in [2.75, 3.05) is 36.0 Å². The Morgan fingerprint density at radius 3 is 2.52 bits per heavy atom. The van der Waals surface area contributed by atoms with Gasteiger partial charge >= 0.3 is 0 Å². The first-order valence-electron chi connectivity index (χ1n) is 9.40. The van der Waals surface area contributed by atoms with Crippen LogP contribution >= 0.6 is 0 Å². The van der Waals surface area contributed by atoms with Gasteiger partial charge in [0.15, 0.2) is 0 Å². The maximum atomic E-state index is 5.66. The molecule has 0 bridgehead atoms. The van der Waals surface area contributed by atoms with Crippen molar-refractivity contribution in [2.24, 2.45) is 0 Å². The summed E-state index contributed by atoms with van der Waals surface area (Å²) in [6.07, 6.45) is 6.61.